The van der Waals surface area contributed by atoms with E-state index in [4.69, 9.17) is 0 Å². The molecule has 0 aromatic carbocycles. The first kappa shape index (κ1) is 16.4. The SMILES string of the molecule is CC(C)CN(CC(C)C)CC(C)C.N. The van der Waals surface area contributed by atoms with Crippen molar-refractivity contribution in [3.63, 3.8) is 0 Å². The van der Waals surface area contributed by atoms with Crippen LogP contribution in [0.5, 0.6) is 0 Å². The molecule has 0 atom stereocenters. The third kappa shape index (κ3) is 10.0. The number of rotatable bonds is 6. The highest BCUT2D eigenvalue weighted by molar-refractivity contribution is 4.64. The van der Waals surface area contributed by atoms with Gasteiger partial charge in [0.25, 0.3) is 0 Å². The van der Waals surface area contributed by atoms with E-state index in [2.05, 4.69) is 46.4 Å². The quantitative estimate of drug-likeness (QED) is 0.716. The second kappa shape index (κ2) is 8.25. The van der Waals surface area contributed by atoms with Gasteiger partial charge in [0, 0.05) is 19.6 Å². The van der Waals surface area contributed by atoms with Gasteiger partial charge in [-0.2, -0.15) is 0 Å². The van der Waals surface area contributed by atoms with Crippen molar-refractivity contribution in [1.29, 1.82) is 0 Å². The Bertz CT molecular complexity index is 95.7. The van der Waals surface area contributed by atoms with Crippen LogP contribution in [0, 0.1) is 17.8 Å². The van der Waals surface area contributed by atoms with Crippen molar-refractivity contribution in [2.24, 2.45) is 17.8 Å². The van der Waals surface area contributed by atoms with Crippen LogP contribution in [-0.2, 0) is 0 Å². The molecule has 88 valence electrons. The normalized spacial score (nSPS) is 11.6. The Hall–Kier alpha value is -0.0800. The van der Waals surface area contributed by atoms with Gasteiger partial charge in [-0.3, -0.25) is 0 Å². The maximum Gasteiger partial charge on any atom is 0.000461 e. The summed E-state index contributed by atoms with van der Waals surface area (Å²) in [6.07, 6.45) is 0. The number of hydrogen-bond donors (Lipinski definition) is 1. The molecule has 0 aliphatic rings. The van der Waals surface area contributed by atoms with E-state index in [1.807, 2.05) is 0 Å². The van der Waals surface area contributed by atoms with E-state index in [1.54, 1.807) is 0 Å². The van der Waals surface area contributed by atoms with Crippen LogP contribution in [0.25, 0.3) is 0 Å². The molecule has 0 saturated heterocycles. The average Bonchev–Trinajstić information content (AvgIpc) is 1.80. The standard InChI is InChI=1S/C12H27N.H3N/c1-10(2)7-13(8-11(3)4)9-12(5)6;/h10-12H,7-9H2,1-6H3;1H3. The first-order chi connectivity index (χ1) is 5.91. The highest BCUT2D eigenvalue weighted by atomic mass is 15.1. The van der Waals surface area contributed by atoms with Crippen molar-refractivity contribution in [3.05, 3.63) is 0 Å². The van der Waals surface area contributed by atoms with Gasteiger partial charge in [0.05, 0.1) is 0 Å². The summed E-state index contributed by atoms with van der Waals surface area (Å²) in [5.74, 6) is 2.37. The van der Waals surface area contributed by atoms with Gasteiger partial charge in [0.1, 0.15) is 0 Å². The molecule has 0 aromatic rings. The van der Waals surface area contributed by atoms with Crippen LogP contribution in [0.15, 0.2) is 0 Å². The summed E-state index contributed by atoms with van der Waals surface area (Å²) >= 11 is 0. The Morgan fingerprint density at radius 1 is 0.643 bits per heavy atom. The summed E-state index contributed by atoms with van der Waals surface area (Å²) in [5.41, 5.74) is 0. The smallest absolute Gasteiger partial charge is 0.000461 e. The zero-order valence-corrected chi connectivity index (χ0v) is 11.0. The molecule has 0 fully saturated rings. The van der Waals surface area contributed by atoms with E-state index >= 15 is 0 Å². The van der Waals surface area contributed by atoms with Crippen molar-refractivity contribution < 1.29 is 0 Å². The van der Waals surface area contributed by atoms with Crippen LogP contribution in [0.3, 0.4) is 0 Å². The maximum absolute atomic E-state index is 2.60. The Morgan fingerprint density at radius 3 is 1.00 bits per heavy atom. The number of nitrogens with zero attached hydrogens (tertiary/aromatic N) is 1. The molecule has 0 spiro atoms. The molecule has 0 aromatic heterocycles. The van der Waals surface area contributed by atoms with Crippen LogP contribution < -0.4 is 6.15 Å². The first-order valence-electron chi connectivity index (χ1n) is 5.64. The van der Waals surface area contributed by atoms with Crippen LogP contribution in [0.2, 0.25) is 0 Å². The van der Waals surface area contributed by atoms with Gasteiger partial charge in [-0.1, -0.05) is 41.5 Å². The fourth-order valence-electron chi connectivity index (χ4n) is 1.77. The van der Waals surface area contributed by atoms with Crippen LogP contribution in [0.4, 0.5) is 0 Å². The monoisotopic (exact) mass is 202 g/mol. The van der Waals surface area contributed by atoms with Crippen LogP contribution >= 0.6 is 0 Å². The lowest BCUT2D eigenvalue weighted by Gasteiger charge is -2.27. The minimum atomic E-state index is 0. The molecule has 0 radical (unpaired) electrons. The van der Waals surface area contributed by atoms with E-state index in [0.29, 0.717) is 0 Å². The molecule has 0 saturated carbocycles. The van der Waals surface area contributed by atoms with Crippen molar-refractivity contribution in [2.45, 2.75) is 41.5 Å². The van der Waals surface area contributed by atoms with Gasteiger partial charge in [0.2, 0.25) is 0 Å². The molecule has 0 amide bonds. The summed E-state index contributed by atoms with van der Waals surface area (Å²) in [6.45, 7) is 17.5. The Morgan fingerprint density at radius 2 is 0.857 bits per heavy atom. The predicted molar refractivity (Wildman–Crippen MR) is 66.0 cm³/mol. The van der Waals surface area contributed by atoms with Gasteiger partial charge in [-0.25, -0.2) is 0 Å². The zero-order chi connectivity index (χ0) is 10.4. The fourth-order valence-corrected chi connectivity index (χ4v) is 1.77. The first-order valence-corrected chi connectivity index (χ1v) is 5.64. The van der Waals surface area contributed by atoms with E-state index in [9.17, 15) is 0 Å². The predicted octanol–water partition coefficient (Wildman–Crippen LogP) is 3.42. The molecule has 0 aliphatic heterocycles. The summed E-state index contributed by atoms with van der Waals surface area (Å²) in [6, 6.07) is 0. The Balaban J connectivity index is 0. The average molecular weight is 202 g/mol. The molecule has 0 rings (SSSR count). The van der Waals surface area contributed by atoms with Crippen LogP contribution in [0.1, 0.15) is 41.5 Å². The lowest BCUT2D eigenvalue weighted by molar-refractivity contribution is 0.198. The summed E-state index contributed by atoms with van der Waals surface area (Å²) in [4.78, 5) is 2.60. The largest absolute Gasteiger partial charge is 0.344 e. The fraction of sp³-hybridized carbons (Fsp3) is 1.00. The maximum atomic E-state index is 2.60. The van der Waals surface area contributed by atoms with Gasteiger partial charge in [0.15, 0.2) is 0 Å². The molecule has 3 N–H and O–H groups in total. The molecule has 14 heavy (non-hydrogen) atoms. The summed E-state index contributed by atoms with van der Waals surface area (Å²) in [5, 5.41) is 0. The number of hydrogen-bond acceptors (Lipinski definition) is 2. The third-order valence-corrected chi connectivity index (χ3v) is 1.87. The second-order valence-corrected chi connectivity index (χ2v) is 5.40. The second-order valence-electron chi connectivity index (χ2n) is 5.40. The van der Waals surface area contributed by atoms with E-state index in [0.717, 1.165) is 17.8 Å². The molecule has 0 unspecified atom stereocenters. The van der Waals surface area contributed by atoms with Crippen molar-refractivity contribution in [3.8, 4) is 0 Å². The van der Waals surface area contributed by atoms with Crippen LogP contribution in [-0.4, -0.2) is 24.5 Å². The zero-order valence-electron chi connectivity index (χ0n) is 11.0. The van der Waals surface area contributed by atoms with E-state index in [-0.39, 0.29) is 6.15 Å². The molecule has 0 bridgehead atoms. The molecule has 0 aliphatic carbocycles. The Kier molecular flexibility index (Phi) is 9.63. The highest BCUT2D eigenvalue weighted by Gasteiger charge is 2.10. The highest BCUT2D eigenvalue weighted by Crippen LogP contribution is 2.06. The molecule has 2 heteroatoms. The Labute approximate surface area is 90.6 Å². The van der Waals surface area contributed by atoms with E-state index < -0.39 is 0 Å². The molecular formula is C12H30N2. The van der Waals surface area contributed by atoms with Crippen molar-refractivity contribution >= 4 is 0 Å². The topological polar surface area (TPSA) is 38.2 Å². The van der Waals surface area contributed by atoms with Crippen molar-refractivity contribution in [1.82, 2.24) is 11.1 Å². The lowest BCUT2D eigenvalue weighted by Crippen LogP contribution is -2.34. The molecule has 2 nitrogen and oxygen atoms in total. The molecular weight excluding hydrogens is 172 g/mol. The lowest BCUT2D eigenvalue weighted by atomic mass is 10.1. The summed E-state index contributed by atoms with van der Waals surface area (Å²) in [7, 11) is 0. The van der Waals surface area contributed by atoms with Gasteiger partial charge < -0.3 is 11.1 Å². The van der Waals surface area contributed by atoms with Gasteiger partial charge in [-0.15, -0.1) is 0 Å². The molecule has 0 heterocycles. The minimum absolute atomic E-state index is 0. The third-order valence-electron chi connectivity index (χ3n) is 1.87. The van der Waals surface area contributed by atoms with Crippen molar-refractivity contribution in [2.75, 3.05) is 19.6 Å². The minimum Gasteiger partial charge on any atom is -0.344 e. The summed E-state index contributed by atoms with van der Waals surface area (Å²) < 4.78 is 0. The van der Waals surface area contributed by atoms with E-state index in [1.165, 1.54) is 19.6 Å². The van der Waals surface area contributed by atoms with Gasteiger partial charge >= 0.3 is 0 Å². The van der Waals surface area contributed by atoms with Gasteiger partial charge in [-0.05, 0) is 17.8 Å².